The largest absolute Gasteiger partial charge is 0.481 e. The number of aliphatic carboxylic acids is 12. The zero-order valence-corrected chi connectivity index (χ0v) is 42.1. The number of rotatable bonds is 41. The molecule has 0 saturated carbocycles. The van der Waals surface area contributed by atoms with E-state index in [1.165, 1.54) is 0 Å². The lowest BCUT2D eigenvalue weighted by Gasteiger charge is -2.37. The third kappa shape index (κ3) is 23.7. The van der Waals surface area contributed by atoms with Gasteiger partial charge < -0.3 is 120 Å². The Bertz CT molecular complexity index is 2460. The Morgan fingerprint density at radius 3 is 0.548 bits per heavy atom. The Morgan fingerprint density at radius 2 is 0.393 bits per heavy atom. The summed E-state index contributed by atoms with van der Waals surface area (Å²) in [5.41, 5.74) is -23.1. The highest BCUT2D eigenvalue weighted by atomic mass is 16.7. The van der Waals surface area contributed by atoms with Gasteiger partial charge in [-0.25, -0.2) is 28.8 Å². The topological polar surface area (TPSA) is 727 Å². The van der Waals surface area contributed by atoms with Crippen LogP contribution >= 0.6 is 0 Å². The summed E-state index contributed by atoms with van der Waals surface area (Å²) in [7, 11) is 0. The minimum atomic E-state index is -3.95. The van der Waals surface area contributed by atoms with Gasteiger partial charge in [-0.3, -0.25) is 57.5 Å². The molecule has 0 aromatic heterocycles. The van der Waals surface area contributed by atoms with Gasteiger partial charge in [-0.2, -0.15) is 0 Å². The van der Waals surface area contributed by atoms with Gasteiger partial charge in [0.15, 0.2) is 58.0 Å². The zero-order chi connectivity index (χ0) is 65.8. The van der Waals surface area contributed by atoms with Crippen molar-refractivity contribution in [1.29, 1.82) is 0 Å². The lowest BCUT2D eigenvalue weighted by molar-refractivity contribution is -0.215. The number of carboxylic acids is 12. The van der Waals surface area contributed by atoms with Gasteiger partial charge in [0, 0.05) is 0 Å². The molecule has 18 N–H and O–H groups in total. The van der Waals surface area contributed by atoms with Crippen molar-refractivity contribution in [3.05, 3.63) is 0 Å². The van der Waals surface area contributed by atoms with Crippen LogP contribution in [0.25, 0.3) is 0 Å². The molecule has 0 aliphatic heterocycles. The molecule has 470 valence electrons. The number of esters is 6. The molecule has 0 fully saturated rings. The molecule has 0 aromatic carbocycles. The summed E-state index contributed by atoms with van der Waals surface area (Å²) < 4.78 is 29.4. The van der Waals surface area contributed by atoms with E-state index in [4.69, 9.17) is 38.6 Å². The van der Waals surface area contributed by atoms with Gasteiger partial charge >= 0.3 is 107 Å². The van der Waals surface area contributed by atoms with E-state index in [-0.39, 0.29) is 0 Å². The summed E-state index contributed by atoms with van der Waals surface area (Å²) in [6.45, 7) is -4.45. The third-order valence-electron chi connectivity index (χ3n) is 10.6. The highest BCUT2D eigenvalue weighted by Crippen LogP contribution is 2.29. The maximum Gasteiger partial charge on any atom is 0.336 e. The van der Waals surface area contributed by atoms with Crippen molar-refractivity contribution >= 4 is 107 Å². The van der Waals surface area contributed by atoms with Crippen LogP contribution in [0.2, 0.25) is 0 Å². The van der Waals surface area contributed by atoms with E-state index in [0.29, 0.717) is 0 Å². The molecule has 0 aliphatic rings. The minimum Gasteiger partial charge on any atom is -0.481 e. The van der Waals surface area contributed by atoms with Crippen LogP contribution < -0.4 is 0 Å². The molecule has 0 heterocycles. The number of hydrogen-bond acceptors (Lipinski definition) is 30. The van der Waals surface area contributed by atoms with Crippen molar-refractivity contribution in [2.45, 2.75) is 135 Å². The summed E-state index contributed by atoms with van der Waals surface area (Å²) in [6.07, 6.45) is -39.2. The molecule has 84 heavy (non-hydrogen) atoms. The lowest BCUT2D eigenvalue weighted by Crippen LogP contribution is -2.56. The van der Waals surface area contributed by atoms with Crippen molar-refractivity contribution in [2.75, 3.05) is 13.2 Å². The molecule has 0 saturated heterocycles. The fourth-order valence-corrected chi connectivity index (χ4v) is 6.58. The predicted molar refractivity (Wildman–Crippen MR) is 238 cm³/mol. The third-order valence-corrected chi connectivity index (χ3v) is 10.6. The van der Waals surface area contributed by atoms with E-state index in [2.05, 4.69) is 0 Å². The number of carbonyl (C=O) groups excluding carboxylic acids is 6. The van der Waals surface area contributed by atoms with Gasteiger partial charge in [0.2, 0.25) is 0 Å². The number of hydrogen-bond donors (Lipinski definition) is 18. The Balaban J connectivity index is 9.42. The van der Waals surface area contributed by atoms with Crippen molar-refractivity contribution in [3.8, 4) is 0 Å². The molecule has 0 radical (unpaired) electrons. The van der Waals surface area contributed by atoms with Crippen molar-refractivity contribution in [2.24, 2.45) is 0 Å². The lowest BCUT2D eigenvalue weighted by atomic mass is 9.94. The van der Waals surface area contributed by atoms with Crippen molar-refractivity contribution in [3.63, 3.8) is 0 Å². The highest BCUT2D eigenvalue weighted by molar-refractivity contribution is 5.93. The maximum atomic E-state index is 13.9. The Morgan fingerprint density at radius 1 is 0.238 bits per heavy atom. The van der Waals surface area contributed by atoms with Crippen molar-refractivity contribution < 1.29 is 207 Å². The molecule has 0 rings (SSSR count). The van der Waals surface area contributed by atoms with Crippen LogP contribution in [0.1, 0.15) is 77.0 Å². The summed E-state index contributed by atoms with van der Waals surface area (Å²) in [5.74, 6) is -43.5. The molecular weight excluding hydrogens is 1180 g/mol. The standard InChI is InChI=1S/C42H50O42/c43-17(44)1-37(73,31(61)62)7-23(55)79-13-15(81-25(57)9-39(75,33(65)66)3-19(47)48)29(83-27(59)11-41(77,35(69)70)5-21(51)52)30(84-28(60)12-42(78,36(71)72)6-22(53)54)16(82-26(58)10-40(76,34(67)68)4-20(49)50)14-80-24(56)8-38(74,32(63)64)2-18(45)46/h15-16,29-30,73-78H,1-14H2,(H,43,44)(H,45,46)(H,47,48)(H,49,50)(H,51,52)(H,53,54)(H,61,62)(H,63,64)(H,65,66)(H,67,68)(H,69,70)(H,71,72)/t15-,16+,29-,30-,37?,38?,39?,40?,41?,42?/m1/s1. The SMILES string of the molecule is O=C(O)CC(O)(CC(=O)OC[C@H](OC(=O)CC(O)(CC(=O)O)C(=O)O)[C@@H](OC(=O)CC(O)(CC(=O)O)C(=O)O)[C@H](OC(=O)CC(O)(CC(=O)O)C(=O)O)[C@@H](COC(=O)CC(O)(CC(=O)O)C(=O)O)OC(=O)CC(O)(CC(=O)O)C(=O)O)C(=O)O. The summed E-state index contributed by atoms with van der Waals surface area (Å²) in [4.78, 5) is 223. The van der Waals surface area contributed by atoms with Crippen LogP contribution in [0.4, 0.5) is 0 Å². The second kappa shape index (κ2) is 30.3. The second-order valence-electron chi connectivity index (χ2n) is 17.8. The first-order valence-corrected chi connectivity index (χ1v) is 22.2. The van der Waals surface area contributed by atoms with Crippen molar-refractivity contribution in [1.82, 2.24) is 0 Å². The van der Waals surface area contributed by atoms with Crippen LogP contribution in [0.5, 0.6) is 0 Å². The van der Waals surface area contributed by atoms with Gasteiger partial charge in [-0.05, 0) is 0 Å². The first-order chi connectivity index (χ1) is 38.1. The molecular formula is C42H50O42. The normalized spacial score (nSPS) is 16.8. The smallest absolute Gasteiger partial charge is 0.336 e. The molecule has 0 bridgehead atoms. The average Bonchev–Trinajstić information content (AvgIpc) is 3.44. The second-order valence-corrected chi connectivity index (χ2v) is 17.8. The summed E-state index contributed by atoms with van der Waals surface area (Å²) >= 11 is 0. The number of ether oxygens (including phenoxy) is 6. The molecule has 0 amide bonds. The molecule has 10 atom stereocenters. The van der Waals surface area contributed by atoms with Gasteiger partial charge in [-0.1, -0.05) is 0 Å². The van der Waals surface area contributed by atoms with E-state index in [1.54, 1.807) is 0 Å². The molecule has 42 nitrogen and oxygen atoms in total. The van der Waals surface area contributed by atoms with E-state index in [9.17, 15) is 168 Å². The first kappa shape index (κ1) is 74.2. The van der Waals surface area contributed by atoms with Gasteiger partial charge in [0.05, 0.1) is 77.0 Å². The first-order valence-electron chi connectivity index (χ1n) is 22.2. The quantitative estimate of drug-likeness (QED) is 0.0200. The van der Waals surface area contributed by atoms with Crippen LogP contribution in [0, 0.1) is 0 Å². The van der Waals surface area contributed by atoms with E-state index in [1.807, 2.05) is 0 Å². The fourth-order valence-electron chi connectivity index (χ4n) is 6.58. The van der Waals surface area contributed by atoms with E-state index >= 15 is 0 Å². The minimum absolute atomic E-state index is 1.89. The summed E-state index contributed by atoms with van der Waals surface area (Å²) in [5, 5.41) is 177. The van der Waals surface area contributed by atoms with Gasteiger partial charge in [0.25, 0.3) is 0 Å². The number of aliphatic hydroxyl groups is 6. The number of carboxylic acid groups (broad SMARTS) is 12. The van der Waals surface area contributed by atoms with Gasteiger partial charge in [-0.15, -0.1) is 0 Å². The Hall–Kier alpha value is -9.78. The average molecular weight is 1230 g/mol. The Kier molecular flexibility index (Phi) is 26.8. The van der Waals surface area contributed by atoms with Crippen LogP contribution in [-0.2, 0) is 115 Å². The predicted octanol–water partition coefficient (Wildman–Crippen LogP) is -8.20. The fraction of sp³-hybridized carbons (Fsp3) is 0.571. The van der Waals surface area contributed by atoms with Gasteiger partial charge in [0.1, 0.15) is 13.2 Å². The molecule has 0 spiro atoms. The maximum absolute atomic E-state index is 13.9. The van der Waals surface area contributed by atoms with Crippen LogP contribution in [0.15, 0.2) is 0 Å². The number of carbonyl (C=O) groups is 18. The van der Waals surface area contributed by atoms with Crippen LogP contribution in [0.3, 0.4) is 0 Å². The monoisotopic (exact) mass is 1230 g/mol. The van der Waals surface area contributed by atoms with E-state index < -0.39 is 256 Å². The van der Waals surface area contributed by atoms with E-state index in [0.717, 1.165) is 0 Å². The zero-order valence-electron chi connectivity index (χ0n) is 42.1. The van der Waals surface area contributed by atoms with Crippen LogP contribution in [-0.4, -0.2) is 271 Å². The highest BCUT2D eigenvalue weighted by Gasteiger charge is 2.53. The molecule has 6 unspecified atom stereocenters. The molecule has 42 heteroatoms. The summed E-state index contributed by atoms with van der Waals surface area (Å²) in [6, 6.07) is 0. The molecule has 0 aliphatic carbocycles. The molecule has 0 aromatic rings. The Labute approximate surface area is 462 Å².